The highest BCUT2D eigenvalue weighted by molar-refractivity contribution is 6.07. The summed E-state index contributed by atoms with van der Waals surface area (Å²) in [6.07, 6.45) is 4.14. The number of rotatable bonds is 4. The van der Waals surface area contributed by atoms with Crippen LogP contribution in [0.4, 0.5) is 22.7 Å². The molecule has 0 fully saturated rings. The molecule has 0 saturated carbocycles. The van der Waals surface area contributed by atoms with Gasteiger partial charge in [-0.15, -0.1) is 0 Å². The fraction of sp³-hybridized carbons (Fsp3) is 0.136. The second kappa shape index (κ2) is 7.52. The fourth-order valence-corrected chi connectivity index (χ4v) is 3.34. The number of hydrogen-bond acceptors (Lipinski definition) is 4. The third kappa shape index (κ3) is 3.71. The van der Waals surface area contributed by atoms with Crippen molar-refractivity contribution in [3.8, 4) is 0 Å². The van der Waals surface area contributed by atoms with Crippen LogP contribution < -0.4 is 15.5 Å². The Labute approximate surface area is 163 Å². The summed E-state index contributed by atoms with van der Waals surface area (Å²) in [5.41, 5.74) is 5.00. The molecule has 3 aromatic rings. The molecule has 0 aliphatic carbocycles. The molecule has 2 aromatic carbocycles. The molecule has 4 rings (SSSR count). The molecule has 6 heteroatoms. The molecule has 1 aliphatic heterocycles. The minimum absolute atomic E-state index is 0.0536. The number of aromatic nitrogens is 1. The lowest BCUT2D eigenvalue weighted by molar-refractivity contribution is -0.114. The summed E-state index contributed by atoms with van der Waals surface area (Å²) in [5, 5.41) is 5.97. The predicted molar refractivity (Wildman–Crippen MR) is 110 cm³/mol. The van der Waals surface area contributed by atoms with Crippen LogP contribution in [-0.2, 0) is 11.2 Å². The number of fused-ring (bicyclic) bond motifs is 1. The maximum Gasteiger partial charge on any atom is 0.259 e. The minimum Gasteiger partial charge on any atom is -0.354 e. The van der Waals surface area contributed by atoms with Gasteiger partial charge in [0.05, 0.1) is 17.4 Å². The van der Waals surface area contributed by atoms with Crippen molar-refractivity contribution in [2.24, 2.45) is 0 Å². The molecule has 0 radical (unpaired) electrons. The zero-order valence-corrected chi connectivity index (χ0v) is 15.5. The van der Waals surface area contributed by atoms with E-state index in [0.29, 0.717) is 12.1 Å². The van der Waals surface area contributed by atoms with Gasteiger partial charge in [-0.05, 0) is 48.4 Å². The average Bonchev–Trinajstić information content (AvgIpc) is 3.13. The van der Waals surface area contributed by atoms with Gasteiger partial charge < -0.3 is 15.5 Å². The van der Waals surface area contributed by atoms with Crippen molar-refractivity contribution in [2.45, 2.75) is 13.3 Å². The number of benzene rings is 2. The summed E-state index contributed by atoms with van der Waals surface area (Å²) >= 11 is 0. The molecule has 2 amide bonds. The molecule has 28 heavy (non-hydrogen) atoms. The van der Waals surface area contributed by atoms with Crippen LogP contribution in [0.5, 0.6) is 0 Å². The summed E-state index contributed by atoms with van der Waals surface area (Å²) in [6.45, 7) is 2.15. The molecule has 1 aliphatic rings. The van der Waals surface area contributed by atoms with Gasteiger partial charge in [0, 0.05) is 36.7 Å². The lowest BCUT2D eigenvalue weighted by atomic mass is 10.2. The summed E-state index contributed by atoms with van der Waals surface area (Å²) in [6, 6.07) is 17.1. The van der Waals surface area contributed by atoms with E-state index >= 15 is 0 Å². The van der Waals surface area contributed by atoms with Crippen molar-refractivity contribution in [3.05, 3.63) is 78.1 Å². The minimum atomic E-state index is -0.111. The molecule has 0 bridgehead atoms. The van der Waals surface area contributed by atoms with E-state index in [1.54, 1.807) is 23.4 Å². The number of pyridine rings is 1. The van der Waals surface area contributed by atoms with Crippen molar-refractivity contribution in [1.82, 2.24) is 4.98 Å². The lowest BCUT2D eigenvalue weighted by Gasteiger charge is -2.17. The Morgan fingerprint density at radius 3 is 2.50 bits per heavy atom. The summed E-state index contributed by atoms with van der Waals surface area (Å²) in [5.74, 6) is -0.165. The van der Waals surface area contributed by atoms with Gasteiger partial charge in [0.25, 0.3) is 5.91 Å². The normalized spacial score (nSPS) is 12.4. The highest BCUT2D eigenvalue weighted by Crippen LogP contribution is 2.29. The van der Waals surface area contributed by atoms with Crippen molar-refractivity contribution >= 4 is 34.6 Å². The third-order valence-corrected chi connectivity index (χ3v) is 4.61. The van der Waals surface area contributed by atoms with Crippen LogP contribution in [-0.4, -0.2) is 23.3 Å². The van der Waals surface area contributed by atoms with Gasteiger partial charge in [0.15, 0.2) is 0 Å². The summed E-state index contributed by atoms with van der Waals surface area (Å²) in [7, 11) is 0. The van der Waals surface area contributed by atoms with Gasteiger partial charge >= 0.3 is 0 Å². The maximum atomic E-state index is 13.0. The van der Waals surface area contributed by atoms with Gasteiger partial charge in [-0.2, -0.15) is 0 Å². The topological polar surface area (TPSA) is 74.3 Å². The smallest absolute Gasteiger partial charge is 0.259 e. The van der Waals surface area contributed by atoms with Crippen molar-refractivity contribution in [3.63, 3.8) is 0 Å². The average molecular weight is 372 g/mol. The van der Waals surface area contributed by atoms with Crippen LogP contribution in [0.25, 0.3) is 0 Å². The predicted octanol–water partition coefficient (Wildman–Crippen LogP) is 3.99. The number of carbonyl (C=O) groups is 2. The van der Waals surface area contributed by atoms with Crippen LogP contribution in [0.15, 0.2) is 67.0 Å². The van der Waals surface area contributed by atoms with E-state index in [1.165, 1.54) is 12.5 Å². The van der Waals surface area contributed by atoms with Crippen LogP contribution in [0.2, 0.25) is 0 Å². The Kier molecular flexibility index (Phi) is 4.76. The largest absolute Gasteiger partial charge is 0.354 e. The first-order valence-electron chi connectivity index (χ1n) is 9.10. The van der Waals surface area contributed by atoms with Crippen LogP contribution in [0, 0.1) is 0 Å². The van der Waals surface area contributed by atoms with Crippen LogP contribution >= 0.6 is 0 Å². The Bertz CT molecular complexity index is 1030. The fourth-order valence-electron chi connectivity index (χ4n) is 3.34. The van der Waals surface area contributed by atoms with E-state index in [4.69, 9.17) is 0 Å². The number of carbonyl (C=O) groups excluding carboxylic acids is 2. The first kappa shape index (κ1) is 17.7. The van der Waals surface area contributed by atoms with Gasteiger partial charge in [-0.1, -0.05) is 18.2 Å². The Morgan fingerprint density at radius 2 is 1.71 bits per heavy atom. The monoisotopic (exact) mass is 372 g/mol. The Morgan fingerprint density at radius 1 is 0.964 bits per heavy atom. The van der Waals surface area contributed by atoms with E-state index in [2.05, 4.69) is 21.7 Å². The second-order valence-corrected chi connectivity index (χ2v) is 6.68. The second-order valence-electron chi connectivity index (χ2n) is 6.68. The number of amides is 2. The van der Waals surface area contributed by atoms with E-state index in [9.17, 15) is 9.59 Å². The Hall–Kier alpha value is -3.67. The molecule has 6 nitrogen and oxygen atoms in total. The number of hydrogen-bond donors (Lipinski definition) is 2. The van der Waals surface area contributed by atoms with Crippen LogP contribution in [0.1, 0.15) is 22.8 Å². The number of para-hydroxylation sites is 1. The Balaban J connectivity index is 1.50. The molecule has 0 spiro atoms. The molecule has 140 valence electrons. The molecule has 2 N–H and O–H groups in total. The molecular weight excluding hydrogens is 352 g/mol. The number of anilines is 4. The van der Waals surface area contributed by atoms with Gasteiger partial charge in [0.1, 0.15) is 0 Å². The summed E-state index contributed by atoms with van der Waals surface area (Å²) < 4.78 is 0. The molecule has 1 aromatic heterocycles. The first-order chi connectivity index (χ1) is 13.6. The van der Waals surface area contributed by atoms with E-state index in [0.717, 1.165) is 29.2 Å². The zero-order valence-electron chi connectivity index (χ0n) is 15.5. The quantitative estimate of drug-likeness (QED) is 0.726. The van der Waals surface area contributed by atoms with Crippen LogP contribution in [0.3, 0.4) is 0 Å². The van der Waals surface area contributed by atoms with Crippen molar-refractivity contribution in [2.75, 3.05) is 22.1 Å². The number of nitrogens with one attached hydrogen (secondary N) is 2. The van der Waals surface area contributed by atoms with Gasteiger partial charge in [0.2, 0.25) is 5.91 Å². The van der Waals surface area contributed by atoms with Gasteiger partial charge in [-0.3, -0.25) is 14.6 Å². The highest BCUT2D eigenvalue weighted by atomic mass is 16.2. The zero-order chi connectivity index (χ0) is 19.5. The van der Waals surface area contributed by atoms with Crippen molar-refractivity contribution < 1.29 is 9.59 Å². The lowest BCUT2D eigenvalue weighted by Crippen LogP contribution is -2.29. The molecule has 2 heterocycles. The highest BCUT2D eigenvalue weighted by Gasteiger charge is 2.25. The van der Waals surface area contributed by atoms with Crippen molar-refractivity contribution in [1.29, 1.82) is 0 Å². The molecule has 0 unspecified atom stereocenters. The number of nitrogens with zero attached hydrogens (tertiary/aromatic N) is 2. The molecule has 0 atom stereocenters. The van der Waals surface area contributed by atoms with E-state index < -0.39 is 0 Å². The van der Waals surface area contributed by atoms with E-state index in [1.807, 2.05) is 42.5 Å². The molecule has 0 saturated heterocycles. The maximum absolute atomic E-state index is 13.0. The van der Waals surface area contributed by atoms with E-state index in [-0.39, 0.29) is 11.8 Å². The molecular formula is C22H20N4O2. The standard InChI is InChI=1S/C22H20N4O2/c1-15(27)24-18-6-8-19(9-7-18)25-20-12-17(13-23-14-20)22(28)26-11-10-16-4-2-3-5-21(16)26/h2-9,12-14,25H,10-11H2,1H3,(H,24,27). The van der Waals surface area contributed by atoms with Gasteiger partial charge in [-0.25, -0.2) is 0 Å². The summed E-state index contributed by atoms with van der Waals surface area (Å²) in [4.78, 5) is 30.1. The SMILES string of the molecule is CC(=O)Nc1ccc(Nc2cncc(C(=O)N3CCc4ccccc43)c2)cc1. The first-order valence-corrected chi connectivity index (χ1v) is 9.10. The third-order valence-electron chi connectivity index (χ3n) is 4.61.